The Morgan fingerprint density at radius 2 is 2.13 bits per heavy atom. The molecular formula is C12H17ClN2O5S3. The molecule has 0 saturated heterocycles. The molecule has 0 spiro atoms. The Kier molecular flexibility index (Phi) is 5.13. The Labute approximate surface area is 144 Å². The van der Waals surface area contributed by atoms with Crippen molar-refractivity contribution in [1.29, 1.82) is 0 Å². The predicted molar refractivity (Wildman–Crippen MR) is 87.8 cm³/mol. The van der Waals surface area contributed by atoms with Crippen LogP contribution in [0.15, 0.2) is 14.5 Å². The van der Waals surface area contributed by atoms with Gasteiger partial charge in [0.15, 0.2) is 9.84 Å². The Hall–Kier alpha value is -0.680. The second-order valence-corrected chi connectivity index (χ2v) is 10.9. The Morgan fingerprint density at radius 1 is 1.52 bits per heavy atom. The number of alkyl halides is 1. The van der Waals surface area contributed by atoms with Crippen LogP contribution in [0.5, 0.6) is 0 Å². The molecule has 0 radical (unpaired) electrons. The number of amides is 1. The third-order valence-electron chi connectivity index (χ3n) is 3.84. The zero-order chi connectivity index (χ0) is 17.6. The summed E-state index contributed by atoms with van der Waals surface area (Å²) in [7, 11) is -7.66. The largest absolute Gasteiger partial charge is 0.335 e. The van der Waals surface area contributed by atoms with Gasteiger partial charge in [0.05, 0.1) is 11.3 Å². The van der Waals surface area contributed by atoms with Crippen molar-refractivity contribution in [1.82, 2.24) is 4.90 Å². The molecule has 7 nitrogen and oxygen atoms in total. The average Bonchev–Trinajstić information content (AvgIpc) is 2.91. The summed E-state index contributed by atoms with van der Waals surface area (Å²) in [4.78, 5) is 13.5. The monoisotopic (exact) mass is 400 g/mol. The molecule has 23 heavy (non-hydrogen) atoms. The fourth-order valence-electron chi connectivity index (χ4n) is 2.65. The maximum absolute atomic E-state index is 12.5. The first-order valence-electron chi connectivity index (χ1n) is 6.79. The van der Waals surface area contributed by atoms with Gasteiger partial charge in [-0.25, -0.2) is 22.0 Å². The Balaban J connectivity index is 2.67. The van der Waals surface area contributed by atoms with Crippen molar-refractivity contribution in [3.05, 3.63) is 11.6 Å². The smallest absolute Gasteiger partial charge is 0.247 e. The fraction of sp³-hybridized carbons (Fsp3) is 0.583. The summed E-state index contributed by atoms with van der Waals surface area (Å²) in [5.74, 6) is -0.563. The van der Waals surface area contributed by atoms with Crippen molar-refractivity contribution in [3.8, 4) is 0 Å². The number of nitrogens with zero attached hydrogens (tertiary/aromatic N) is 1. The van der Waals surface area contributed by atoms with Gasteiger partial charge in [-0.05, 0) is 26.3 Å². The van der Waals surface area contributed by atoms with Crippen molar-refractivity contribution in [2.24, 2.45) is 5.14 Å². The molecule has 11 heteroatoms. The van der Waals surface area contributed by atoms with E-state index in [1.54, 1.807) is 13.8 Å². The van der Waals surface area contributed by atoms with Crippen LogP contribution in [0.25, 0.3) is 0 Å². The maximum atomic E-state index is 12.5. The third-order valence-corrected chi connectivity index (χ3v) is 9.38. The third kappa shape index (κ3) is 3.27. The van der Waals surface area contributed by atoms with E-state index in [4.69, 9.17) is 16.7 Å². The van der Waals surface area contributed by atoms with Crippen molar-refractivity contribution in [3.63, 3.8) is 0 Å². The van der Waals surface area contributed by atoms with E-state index in [1.807, 2.05) is 0 Å². The molecule has 2 rings (SSSR count). The molecule has 0 bridgehead atoms. The minimum absolute atomic E-state index is 0.0360. The Bertz CT molecular complexity index is 831. The van der Waals surface area contributed by atoms with E-state index >= 15 is 0 Å². The van der Waals surface area contributed by atoms with Gasteiger partial charge in [0, 0.05) is 12.1 Å². The molecule has 2 N–H and O–H groups in total. The van der Waals surface area contributed by atoms with Crippen LogP contribution in [0.1, 0.15) is 31.9 Å². The van der Waals surface area contributed by atoms with Crippen LogP contribution in [-0.2, 0) is 24.7 Å². The SMILES string of the molecule is CCN(C(=O)CCl)[C@H]1C[C@H](C)S(=O)(=O)c2sc(S(N)(=O)=O)cc21. The number of halogens is 1. The van der Waals surface area contributed by atoms with Gasteiger partial charge in [-0.15, -0.1) is 22.9 Å². The van der Waals surface area contributed by atoms with Crippen LogP contribution in [0.3, 0.4) is 0 Å². The van der Waals surface area contributed by atoms with Crippen molar-refractivity contribution < 1.29 is 21.6 Å². The number of hydrogen-bond acceptors (Lipinski definition) is 6. The van der Waals surface area contributed by atoms with Gasteiger partial charge in [0.1, 0.15) is 14.3 Å². The minimum atomic E-state index is -4.02. The maximum Gasteiger partial charge on any atom is 0.247 e. The standard InChI is InChI=1S/C12H17ClN2O5S3/c1-3-15(10(16)6-13)9-4-7(2)22(17,18)12-8(9)5-11(21-12)23(14,19)20/h5,7,9H,3-4,6H2,1-2H3,(H2,14,19,20)/t7-,9-/m0/s1. The van der Waals surface area contributed by atoms with Crippen LogP contribution in [-0.4, -0.2) is 45.3 Å². The van der Waals surface area contributed by atoms with E-state index < -0.39 is 31.2 Å². The van der Waals surface area contributed by atoms with E-state index in [2.05, 4.69) is 0 Å². The van der Waals surface area contributed by atoms with Crippen LogP contribution in [0.4, 0.5) is 0 Å². The molecular weight excluding hydrogens is 384 g/mol. The number of rotatable bonds is 4. The van der Waals surface area contributed by atoms with E-state index in [9.17, 15) is 21.6 Å². The molecule has 0 fully saturated rings. The second-order valence-electron chi connectivity index (χ2n) is 5.27. The molecule has 1 aliphatic heterocycles. The highest BCUT2D eigenvalue weighted by atomic mass is 35.5. The Morgan fingerprint density at radius 3 is 2.61 bits per heavy atom. The summed E-state index contributed by atoms with van der Waals surface area (Å²) in [5.41, 5.74) is 0.303. The van der Waals surface area contributed by atoms with Crippen LogP contribution in [0.2, 0.25) is 0 Å². The summed E-state index contributed by atoms with van der Waals surface area (Å²) in [6.07, 6.45) is 0.187. The zero-order valence-electron chi connectivity index (χ0n) is 12.5. The number of fused-ring (bicyclic) bond motifs is 1. The van der Waals surface area contributed by atoms with Crippen molar-refractivity contribution in [2.75, 3.05) is 12.4 Å². The summed E-state index contributed by atoms with van der Waals surface area (Å²) >= 11 is 6.25. The van der Waals surface area contributed by atoms with Gasteiger partial charge >= 0.3 is 0 Å². The van der Waals surface area contributed by atoms with Gasteiger partial charge < -0.3 is 4.90 Å². The predicted octanol–water partition coefficient (Wildman–Crippen LogP) is 1.09. The van der Waals surface area contributed by atoms with Crippen LogP contribution >= 0.6 is 22.9 Å². The molecule has 0 saturated carbocycles. The quantitative estimate of drug-likeness (QED) is 0.759. The van der Waals surface area contributed by atoms with Gasteiger partial charge in [-0.2, -0.15) is 0 Å². The molecule has 1 amide bonds. The van der Waals surface area contributed by atoms with Gasteiger partial charge in [0.2, 0.25) is 15.9 Å². The first-order chi connectivity index (χ1) is 10.5. The molecule has 1 aliphatic rings. The van der Waals surface area contributed by atoms with E-state index in [-0.39, 0.29) is 26.6 Å². The lowest BCUT2D eigenvalue weighted by Gasteiger charge is -2.35. The highest BCUT2D eigenvalue weighted by Gasteiger charge is 2.42. The molecule has 2 heterocycles. The molecule has 0 aliphatic carbocycles. The van der Waals surface area contributed by atoms with Crippen molar-refractivity contribution >= 4 is 48.7 Å². The summed E-state index contributed by atoms with van der Waals surface area (Å²) < 4.78 is 47.9. The fourth-order valence-corrected chi connectivity index (χ4v) is 7.20. The number of carbonyl (C=O) groups excluding carboxylic acids is 1. The minimum Gasteiger partial charge on any atom is -0.335 e. The second kappa shape index (κ2) is 6.32. The number of sulfone groups is 1. The summed E-state index contributed by atoms with van der Waals surface area (Å²) in [6, 6.07) is 0.722. The lowest BCUT2D eigenvalue weighted by molar-refractivity contribution is -0.131. The lowest BCUT2D eigenvalue weighted by atomic mass is 10.0. The lowest BCUT2D eigenvalue weighted by Crippen LogP contribution is -2.40. The highest BCUT2D eigenvalue weighted by molar-refractivity contribution is 7.95. The van der Waals surface area contributed by atoms with E-state index in [1.165, 1.54) is 11.0 Å². The molecule has 0 unspecified atom stereocenters. The normalized spacial score (nSPS) is 23.3. The number of thiophene rings is 1. The highest BCUT2D eigenvalue weighted by Crippen LogP contribution is 2.44. The molecule has 1 aromatic heterocycles. The number of nitrogens with two attached hydrogens (primary N) is 1. The number of hydrogen-bond donors (Lipinski definition) is 1. The van der Waals surface area contributed by atoms with E-state index in [0.29, 0.717) is 23.4 Å². The zero-order valence-corrected chi connectivity index (χ0v) is 15.7. The summed E-state index contributed by atoms with van der Waals surface area (Å²) in [5, 5.41) is 4.39. The molecule has 2 atom stereocenters. The van der Waals surface area contributed by atoms with Crippen molar-refractivity contribution in [2.45, 2.75) is 40.0 Å². The first-order valence-corrected chi connectivity index (χ1v) is 11.2. The molecule has 1 aromatic rings. The number of primary sulfonamides is 1. The molecule has 0 aromatic carbocycles. The topological polar surface area (TPSA) is 115 Å². The van der Waals surface area contributed by atoms with Crippen LogP contribution in [0, 0.1) is 0 Å². The summed E-state index contributed by atoms with van der Waals surface area (Å²) in [6.45, 7) is 3.63. The van der Waals surface area contributed by atoms with Gasteiger partial charge in [0.25, 0.3) is 0 Å². The van der Waals surface area contributed by atoms with Gasteiger partial charge in [-0.3, -0.25) is 4.79 Å². The molecule has 130 valence electrons. The van der Waals surface area contributed by atoms with Gasteiger partial charge in [-0.1, -0.05) is 0 Å². The van der Waals surface area contributed by atoms with E-state index in [0.717, 1.165) is 0 Å². The average molecular weight is 401 g/mol. The number of sulfonamides is 1. The first kappa shape index (κ1) is 18.7. The van der Waals surface area contributed by atoms with Crippen LogP contribution < -0.4 is 5.14 Å². The number of carbonyl (C=O) groups is 1.